The van der Waals surface area contributed by atoms with Crippen molar-refractivity contribution in [3.05, 3.63) is 48.5 Å². The molecule has 0 bridgehead atoms. The average Bonchev–Trinajstić information content (AvgIpc) is 2.38. The van der Waals surface area contributed by atoms with Crippen LogP contribution in [0.4, 0.5) is 14.5 Å². The molecule has 2 rings (SSSR count). The van der Waals surface area contributed by atoms with Gasteiger partial charge in [0.2, 0.25) is 0 Å². The molecule has 0 atom stereocenters. The van der Waals surface area contributed by atoms with Crippen molar-refractivity contribution in [2.45, 2.75) is 13.2 Å². The van der Waals surface area contributed by atoms with Crippen LogP contribution in [0.15, 0.2) is 42.9 Å². The van der Waals surface area contributed by atoms with E-state index in [2.05, 4.69) is 20.0 Å². The molecule has 0 unspecified atom stereocenters. The summed E-state index contributed by atoms with van der Waals surface area (Å²) >= 11 is 0. The smallest absolute Gasteiger partial charge is 0.387 e. The van der Waals surface area contributed by atoms with Crippen molar-refractivity contribution in [2.24, 2.45) is 0 Å². The molecule has 0 saturated carbocycles. The van der Waals surface area contributed by atoms with Gasteiger partial charge in [-0.25, -0.2) is 9.97 Å². The molecular formula is C12H11F2N3O. The normalized spacial score (nSPS) is 10.4. The van der Waals surface area contributed by atoms with Crippen molar-refractivity contribution in [1.29, 1.82) is 0 Å². The van der Waals surface area contributed by atoms with Gasteiger partial charge in [0.15, 0.2) is 0 Å². The van der Waals surface area contributed by atoms with E-state index < -0.39 is 6.61 Å². The average molecular weight is 251 g/mol. The number of hydrogen-bond acceptors (Lipinski definition) is 4. The number of anilines is 1. The van der Waals surface area contributed by atoms with E-state index in [1.165, 1.54) is 12.4 Å². The lowest BCUT2D eigenvalue weighted by atomic mass is 10.3. The van der Waals surface area contributed by atoms with Crippen LogP contribution in [-0.4, -0.2) is 16.6 Å². The summed E-state index contributed by atoms with van der Waals surface area (Å²) in [5.41, 5.74) is 1.26. The Labute approximate surface area is 103 Å². The topological polar surface area (TPSA) is 47.0 Å². The fraction of sp³-hybridized carbons (Fsp3) is 0.167. The molecular weight excluding hydrogens is 240 g/mol. The third-order valence-corrected chi connectivity index (χ3v) is 2.21. The van der Waals surface area contributed by atoms with Crippen LogP contribution in [0, 0.1) is 0 Å². The summed E-state index contributed by atoms with van der Waals surface area (Å²) in [7, 11) is 0. The first-order chi connectivity index (χ1) is 8.75. The molecule has 18 heavy (non-hydrogen) atoms. The Morgan fingerprint density at radius 3 is 2.78 bits per heavy atom. The number of rotatable bonds is 5. The second kappa shape index (κ2) is 5.90. The first-order valence-electron chi connectivity index (χ1n) is 5.28. The number of nitrogens with zero attached hydrogens (tertiary/aromatic N) is 2. The summed E-state index contributed by atoms with van der Waals surface area (Å²) in [6.07, 6.45) is 3.05. The Morgan fingerprint density at radius 1 is 1.22 bits per heavy atom. The van der Waals surface area contributed by atoms with Crippen molar-refractivity contribution < 1.29 is 13.5 Å². The van der Waals surface area contributed by atoms with Crippen LogP contribution in [0.3, 0.4) is 0 Å². The van der Waals surface area contributed by atoms with E-state index in [0.29, 0.717) is 12.2 Å². The zero-order valence-corrected chi connectivity index (χ0v) is 9.38. The van der Waals surface area contributed by atoms with Gasteiger partial charge >= 0.3 is 6.61 Å². The molecule has 0 saturated heterocycles. The highest BCUT2D eigenvalue weighted by Gasteiger charge is 2.08. The quantitative estimate of drug-likeness (QED) is 0.887. The Morgan fingerprint density at radius 2 is 2.06 bits per heavy atom. The van der Waals surface area contributed by atoms with E-state index in [1.54, 1.807) is 30.5 Å². The fourth-order valence-corrected chi connectivity index (χ4v) is 1.42. The van der Waals surface area contributed by atoms with Gasteiger partial charge in [-0.2, -0.15) is 8.78 Å². The molecule has 4 nitrogen and oxygen atoms in total. The number of halogens is 2. The highest BCUT2D eigenvalue weighted by molar-refractivity contribution is 5.56. The number of nitrogens with one attached hydrogen (secondary N) is 1. The van der Waals surface area contributed by atoms with Gasteiger partial charge in [-0.05, 0) is 18.2 Å². The van der Waals surface area contributed by atoms with Gasteiger partial charge in [0, 0.05) is 6.20 Å². The molecule has 0 amide bonds. The largest absolute Gasteiger partial charge is 0.433 e. The maximum atomic E-state index is 12.2. The van der Waals surface area contributed by atoms with Crippen molar-refractivity contribution in [3.8, 4) is 5.75 Å². The minimum Gasteiger partial charge on any atom is -0.433 e. The van der Waals surface area contributed by atoms with Crippen LogP contribution < -0.4 is 10.1 Å². The van der Waals surface area contributed by atoms with E-state index in [0.717, 1.165) is 5.69 Å². The Balaban J connectivity index is 2.05. The zero-order chi connectivity index (χ0) is 12.8. The number of aromatic nitrogens is 2. The highest BCUT2D eigenvalue weighted by Crippen LogP contribution is 2.25. The van der Waals surface area contributed by atoms with Gasteiger partial charge in [0.05, 0.1) is 17.9 Å². The van der Waals surface area contributed by atoms with Crippen LogP contribution in [0.5, 0.6) is 5.75 Å². The SMILES string of the molecule is FC(F)Oc1ccccc1NCc1ccncn1. The summed E-state index contributed by atoms with van der Waals surface area (Å²) in [5, 5.41) is 2.99. The summed E-state index contributed by atoms with van der Waals surface area (Å²) in [4.78, 5) is 7.82. The Bertz CT molecular complexity index is 494. The first kappa shape index (κ1) is 12.2. The second-order valence-corrected chi connectivity index (χ2v) is 3.43. The molecule has 0 fully saturated rings. The molecule has 2 aromatic rings. The van der Waals surface area contributed by atoms with E-state index in [4.69, 9.17) is 0 Å². The molecule has 0 aliphatic heterocycles. The lowest BCUT2D eigenvalue weighted by Gasteiger charge is -2.11. The van der Waals surface area contributed by atoms with Crippen LogP contribution in [0.25, 0.3) is 0 Å². The Kier molecular flexibility index (Phi) is 4.01. The maximum absolute atomic E-state index is 12.2. The van der Waals surface area contributed by atoms with Crippen molar-refractivity contribution in [3.63, 3.8) is 0 Å². The molecule has 1 heterocycles. The van der Waals surface area contributed by atoms with Crippen LogP contribution in [0.2, 0.25) is 0 Å². The third-order valence-electron chi connectivity index (χ3n) is 2.21. The minimum absolute atomic E-state index is 0.113. The molecule has 1 N–H and O–H groups in total. The van der Waals surface area contributed by atoms with Crippen LogP contribution in [-0.2, 0) is 6.54 Å². The van der Waals surface area contributed by atoms with Gasteiger partial charge in [-0.1, -0.05) is 12.1 Å². The van der Waals surface area contributed by atoms with Crippen molar-refractivity contribution in [2.75, 3.05) is 5.32 Å². The summed E-state index contributed by atoms with van der Waals surface area (Å²) in [5.74, 6) is 0.113. The lowest BCUT2D eigenvalue weighted by molar-refractivity contribution is -0.0493. The van der Waals surface area contributed by atoms with Crippen LogP contribution >= 0.6 is 0 Å². The maximum Gasteiger partial charge on any atom is 0.387 e. The molecule has 94 valence electrons. The van der Waals surface area contributed by atoms with E-state index >= 15 is 0 Å². The molecule has 0 spiro atoms. The third kappa shape index (κ3) is 3.38. The summed E-state index contributed by atoms with van der Waals surface area (Å²) in [6.45, 7) is -2.43. The number of para-hydroxylation sites is 2. The van der Waals surface area contributed by atoms with Gasteiger partial charge in [0.1, 0.15) is 12.1 Å². The first-order valence-corrected chi connectivity index (χ1v) is 5.28. The predicted molar refractivity (Wildman–Crippen MR) is 62.4 cm³/mol. The van der Waals surface area contributed by atoms with E-state index in [1.807, 2.05) is 0 Å². The standard InChI is InChI=1S/C12H11F2N3O/c13-12(14)18-11-4-2-1-3-10(11)16-7-9-5-6-15-8-17-9/h1-6,8,12,16H,7H2. The predicted octanol–water partition coefficient (Wildman–Crippen LogP) is 2.69. The molecule has 0 radical (unpaired) electrons. The van der Waals surface area contributed by atoms with Crippen molar-refractivity contribution >= 4 is 5.69 Å². The fourth-order valence-electron chi connectivity index (χ4n) is 1.42. The molecule has 1 aromatic carbocycles. The lowest BCUT2D eigenvalue weighted by Crippen LogP contribution is -2.07. The molecule has 1 aromatic heterocycles. The number of alkyl halides is 2. The van der Waals surface area contributed by atoms with Crippen molar-refractivity contribution in [1.82, 2.24) is 9.97 Å². The number of hydrogen-bond donors (Lipinski definition) is 1. The van der Waals surface area contributed by atoms with Gasteiger partial charge in [-0.3, -0.25) is 0 Å². The number of ether oxygens (including phenoxy) is 1. The van der Waals surface area contributed by atoms with Gasteiger partial charge in [-0.15, -0.1) is 0 Å². The Hall–Kier alpha value is -2.24. The summed E-state index contributed by atoms with van der Waals surface area (Å²) < 4.78 is 28.8. The van der Waals surface area contributed by atoms with Crippen LogP contribution in [0.1, 0.15) is 5.69 Å². The zero-order valence-electron chi connectivity index (χ0n) is 9.38. The highest BCUT2D eigenvalue weighted by atomic mass is 19.3. The molecule has 6 heteroatoms. The minimum atomic E-state index is -2.84. The van der Waals surface area contributed by atoms with E-state index in [-0.39, 0.29) is 5.75 Å². The summed E-state index contributed by atoms with van der Waals surface area (Å²) in [6, 6.07) is 8.26. The number of benzene rings is 1. The molecule has 0 aliphatic rings. The van der Waals surface area contributed by atoms with Gasteiger partial charge < -0.3 is 10.1 Å². The van der Waals surface area contributed by atoms with Gasteiger partial charge in [0.25, 0.3) is 0 Å². The monoisotopic (exact) mass is 251 g/mol. The van der Waals surface area contributed by atoms with E-state index in [9.17, 15) is 8.78 Å². The molecule has 0 aliphatic carbocycles. The second-order valence-electron chi connectivity index (χ2n) is 3.43.